The van der Waals surface area contributed by atoms with Crippen LogP contribution in [-0.2, 0) is 11.2 Å². The van der Waals surface area contributed by atoms with Gasteiger partial charge in [-0.15, -0.1) is 0 Å². The van der Waals surface area contributed by atoms with Gasteiger partial charge in [0, 0.05) is 0 Å². The summed E-state index contributed by atoms with van der Waals surface area (Å²) in [5, 5.41) is 9.40. The highest BCUT2D eigenvalue weighted by molar-refractivity contribution is 5.83. The summed E-state index contributed by atoms with van der Waals surface area (Å²) in [6.45, 7) is 4.21. The quantitative estimate of drug-likeness (QED) is 0.542. The molecule has 1 aromatic carbocycles. The van der Waals surface area contributed by atoms with E-state index >= 15 is 0 Å². The number of benzene rings is 1. The summed E-state index contributed by atoms with van der Waals surface area (Å²) in [5.41, 5.74) is 2.86. The van der Waals surface area contributed by atoms with Gasteiger partial charge in [-0.05, 0) is 17.0 Å². The van der Waals surface area contributed by atoms with Crippen LogP contribution in [0.25, 0.3) is 0 Å². The van der Waals surface area contributed by atoms with Crippen LogP contribution in [0.5, 0.6) is 0 Å². The first-order chi connectivity index (χ1) is 11.0. The van der Waals surface area contributed by atoms with Crippen LogP contribution in [0.1, 0.15) is 36.6 Å². The Kier molecular flexibility index (Phi) is 5.19. The third-order valence-electron chi connectivity index (χ3n) is 3.12. The van der Waals surface area contributed by atoms with Crippen molar-refractivity contribution in [2.24, 2.45) is 5.10 Å². The van der Waals surface area contributed by atoms with E-state index in [1.807, 2.05) is 29.2 Å². The first kappa shape index (κ1) is 16.3. The van der Waals surface area contributed by atoms with Gasteiger partial charge in [-0.1, -0.05) is 38.1 Å². The zero-order chi connectivity index (χ0) is 16.8. The van der Waals surface area contributed by atoms with Crippen molar-refractivity contribution in [1.29, 1.82) is 0 Å². The van der Waals surface area contributed by atoms with Crippen LogP contribution >= 0.6 is 0 Å². The Bertz CT molecular complexity index is 818. The number of hydrazone groups is 1. The van der Waals surface area contributed by atoms with E-state index in [1.165, 1.54) is 11.8 Å². The third kappa shape index (κ3) is 4.73. The molecule has 0 bridgehead atoms. The predicted octanol–water partition coefficient (Wildman–Crippen LogP) is 0.274. The minimum atomic E-state index is -0.720. The molecule has 23 heavy (non-hydrogen) atoms. The van der Waals surface area contributed by atoms with Gasteiger partial charge in [-0.3, -0.25) is 14.6 Å². The standard InChI is InChI=1S/C15H17N5O3/c1-9(2)11-5-3-10(4-6-11)8-16-19-13(21)7-12-14(22)17-15(23)20-18-12/h3-6,8-9H,7H2,1-2H3,(H,19,21)(H2,17,20,22,23)/b16-8-. The van der Waals surface area contributed by atoms with Gasteiger partial charge in [0.05, 0.1) is 12.6 Å². The number of nitrogens with one attached hydrogen (secondary N) is 3. The van der Waals surface area contributed by atoms with Crippen LogP contribution in [0.3, 0.4) is 0 Å². The number of carbonyl (C=O) groups excluding carboxylic acids is 1. The van der Waals surface area contributed by atoms with Crippen molar-refractivity contribution in [3.05, 3.63) is 61.9 Å². The van der Waals surface area contributed by atoms with Gasteiger partial charge in [0.2, 0.25) is 5.91 Å². The Hall–Kier alpha value is -3.03. The van der Waals surface area contributed by atoms with Crippen LogP contribution in [0, 0.1) is 0 Å². The van der Waals surface area contributed by atoms with Gasteiger partial charge in [0.25, 0.3) is 5.56 Å². The van der Waals surface area contributed by atoms with Crippen molar-refractivity contribution < 1.29 is 4.79 Å². The van der Waals surface area contributed by atoms with E-state index in [0.717, 1.165) is 5.56 Å². The molecule has 2 aromatic rings. The van der Waals surface area contributed by atoms with E-state index in [4.69, 9.17) is 0 Å². The minimum Gasteiger partial charge on any atom is -0.273 e. The van der Waals surface area contributed by atoms with Crippen LogP contribution in [0.4, 0.5) is 0 Å². The maximum absolute atomic E-state index is 11.7. The summed E-state index contributed by atoms with van der Waals surface area (Å²) >= 11 is 0. The Morgan fingerprint density at radius 1 is 1.30 bits per heavy atom. The largest absolute Gasteiger partial charge is 0.342 e. The Balaban J connectivity index is 1.93. The van der Waals surface area contributed by atoms with E-state index in [1.54, 1.807) is 0 Å². The molecule has 1 aromatic heterocycles. The molecule has 1 amide bonds. The average molecular weight is 315 g/mol. The third-order valence-corrected chi connectivity index (χ3v) is 3.12. The lowest BCUT2D eigenvalue weighted by Gasteiger charge is -2.04. The van der Waals surface area contributed by atoms with E-state index in [-0.39, 0.29) is 12.1 Å². The number of rotatable bonds is 5. The Labute approximate surface area is 131 Å². The Morgan fingerprint density at radius 2 is 2.00 bits per heavy atom. The van der Waals surface area contributed by atoms with Gasteiger partial charge in [-0.2, -0.15) is 10.2 Å². The smallest absolute Gasteiger partial charge is 0.273 e. The lowest BCUT2D eigenvalue weighted by molar-refractivity contribution is -0.120. The summed E-state index contributed by atoms with van der Waals surface area (Å²) in [7, 11) is 0. The monoisotopic (exact) mass is 315 g/mol. The fourth-order valence-corrected chi connectivity index (χ4v) is 1.83. The number of hydrogen-bond acceptors (Lipinski definition) is 5. The second-order valence-electron chi connectivity index (χ2n) is 5.24. The van der Waals surface area contributed by atoms with Crippen LogP contribution < -0.4 is 16.7 Å². The molecular formula is C15H17N5O3. The van der Waals surface area contributed by atoms with Crippen molar-refractivity contribution in [3.8, 4) is 0 Å². The second kappa shape index (κ2) is 7.30. The molecule has 0 unspecified atom stereocenters. The molecule has 0 atom stereocenters. The molecule has 8 heteroatoms. The van der Waals surface area contributed by atoms with E-state index in [2.05, 4.69) is 34.6 Å². The van der Waals surface area contributed by atoms with E-state index < -0.39 is 17.2 Å². The zero-order valence-corrected chi connectivity index (χ0v) is 12.8. The van der Waals surface area contributed by atoms with Gasteiger partial charge in [0.15, 0.2) is 0 Å². The molecule has 0 aliphatic heterocycles. The first-order valence-corrected chi connectivity index (χ1v) is 7.05. The fraction of sp³-hybridized carbons (Fsp3) is 0.267. The molecule has 2 rings (SSSR count). The summed E-state index contributed by atoms with van der Waals surface area (Å²) in [6, 6.07) is 7.80. The summed E-state index contributed by atoms with van der Waals surface area (Å²) in [5.74, 6) is -0.0614. The fourth-order valence-electron chi connectivity index (χ4n) is 1.83. The highest BCUT2D eigenvalue weighted by Gasteiger charge is 2.08. The molecule has 0 fully saturated rings. The SMILES string of the molecule is CC(C)c1ccc(/C=N\NC(=O)Cc2n[nH]c(=O)[nH]c2=O)cc1. The van der Waals surface area contributed by atoms with Gasteiger partial charge in [-0.25, -0.2) is 15.3 Å². The molecule has 0 radical (unpaired) electrons. The molecule has 0 spiro atoms. The predicted molar refractivity (Wildman–Crippen MR) is 85.5 cm³/mol. The minimum absolute atomic E-state index is 0.0846. The van der Waals surface area contributed by atoms with Crippen molar-refractivity contribution in [2.45, 2.75) is 26.2 Å². The van der Waals surface area contributed by atoms with E-state index in [9.17, 15) is 14.4 Å². The number of carbonyl (C=O) groups is 1. The zero-order valence-electron chi connectivity index (χ0n) is 12.8. The maximum Gasteiger partial charge on any atom is 0.342 e. The molecule has 8 nitrogen and oxygen atoms in total. The highest BCUT2D eigenvalue weighted by atomic mass is 16.2. The molecule has 3 N–H and O–H groups in total. The maximum atomic E-state index is 11.7. The molecule has 0 aliphatic rings. The van der Waals surface area contributed by atoms with Crippen LogP contribution in [-0.4, -0.2) is 27.3 Å². The lowest BCUT2D eigenvalue weighted by Crippen LogP contribution is -2.31. The molecule has 0 saturated carbocycles. The van der Waals surface area contributed by atoms with Gasteiger partial charge < -0.3 is 0 Å². The second-order valence-corrected chi connectivity index (χ2v) is 5.24. The molecule has 0 aliphatic carbocycles. The van der Waals surface area contributed by atoms with Gasteiger partial charge >= 0.3 is 5.69 Å². The van der Waals surface area contributed by atoms with Gasteiger partial charge in [0.1, 0.15) is 5.69 Å². The van der Waals surface area contributed by atoms with Crippen LogP contribution in [0.2, 0.25) is 0 Å². The first-order valence-electron chi connectivity index (χ1n) is 7.05. The topological polar surface area (TPSA) is 120 Å². The van der Waals surface area contributed by atoms with Crippen molar-refractivity contribution in [2.75, 3.05) is 0 Å². The summed E-state index contributed by atoms with van der Waals surface area (Å²) in [6.07, 6.45) is 1.22. The number of hydrogen-bond donors (Lipinski definition) is 3. The molecule has 1 heterocycles. The number of nitrogens with zero attached hydrogens (tertiary/aromatic N) is 2. The number of H-pyrrole nitrogens is 2. The molecule has 120 valence electrons. The Morgan fingerprint density at radius 3 is 2.61 bits per heavy atom. The van der Waals surface area contributed by atoms with Crippen LogP contribution in [0.15, 0.2) is 39.0 Å². The summed E-state index contributed by atoms with van der Waals surface area (Å²) in [4.78, 5) is 35.9. The average Bonchev–Trinajstić information content (AvgIpc) is 2.50. The van der Waals surface area contributed by atoms with E-state index in [0.29, 0.717) is 5.92 Å². The van der Waals surface area contributed by atoms with Crippen molar-refractivity contribution >= 4 is 12.1 Å². The highest BCUT2D eigenvalue weighted by Crippen LogP contribution is 2.13. The summed E-state index contributed by atoms with van der Waals surface area (Å²) < 4.78 is 0. The number of amides is 1. The lowest BCUT2D eigenvalue weighted by atomic mass is 10.0. The molecular weight excluding hydrogens is 298 g/mol. The van der Waals surface area contributed by atoms with Crippen molar-refractivity contribution in [1.82, 2.24) is 20.6 Å². The number of aromatic amines is 2. The van der Waals surface area contributed by atoms with Crippen molar-refractivity contribution in [3.63, 3.8) is 0 Å². The molecule has 0 saturated heterocycles. The number of aromatic nitrogens is 3. The normalized spacial score (nSPS) is 11.1.